The Labute approximate surface area is 140 Å². The largest absolute Gasteiger partial charge is 0.487 e. The molecule has 1 aromatic carbocycles. The summed E-state index contributed by atoms with van der Waals surface area (Å²) < 4.78 is 5.77. The number of carbonyl (C=O) groups is 1. The fourth-order valence-electron chi connectivity index (χ4n) is 2.66. The molecule has 23 heavy (non-hydrogen) atoms. The predicted molar refractivity (Wildman–Crippen MR) is 91.0 cm³/mol. The zero-order chi connectivity index (χ0) is 16.2. The first kappa shape index (κ1) is 16.0. The third kappa shape index (κ3) is 3.89. The van der Waals surface area contributed by atoms with E-state index in [4.69, 9.17) is 4.74 Å². The highest BCUT2D eigenvalue weighted by Crippen LogP contribution is 2.18. The van der Waals surface area contributed by atoms with Crippen molar-refractivity contribution >= 4 is 17.2 Å². The number of hydrogen-bond acceptors (Lipinski definition) is 5. The van der Waals surface area contributed by atoms with Gasteiger partial charge in [-0.2, -0.15) is 0 Å². The lowest BCUT2D eigenvalue weighted by atomic mass is 10.1. The van der Waals surface area contributed by atoms with E-state index >= 15 is 0 Å². The monoisotopic (exact) mass is 331 g/mol. The zero-order valence-electron chi connectivity index (χ0n) is 13.4. The van der Waals surface area contributed by atoms with Crippen molar-refractivity contribution in [1.82, 2.24) is 15.2 Å². The Morgan fingerprint density at radius 1 is 1.52 bits per heavy atom. The molecule has 122 valence electrons. The first-order valence-corrected chi connectivity index (χ1v) is 8.67. The molecule has 1 saturated heterocycles. The van der Waals surface area contributed by atoms with Crippen LogP contribution in [0.1, 0.15) is 28.0 Å². The van der Waals surface area contributed by atoms with Crippen LogP contribution in [0.5, 0.6) is 5.75 Å². The van der Waals surface area contributed by atoms with Gasteiger partial charge in [0.05, 0.1) is 10.7 Å². The highest BCUT2D eigenvalue weighted by Gasteiger charge is 2.24. The van der Waals surface area contributed by atoms with Crippen LogP contribution in [0, 0.1) is 6.92 Å². The third-order valence-electron chi connectivity index (χ3n) is 3.90. The Morgan fingerprint density at radius 2 is 2.39 bits per heavy atom. The molecule has 1 atom stereocenters. The first-order chi connectivity index (χ1) is 11.1. The number of thiazole rings is 1. The summed E-state index contributed by atoms with van der Waals surface area (Å²) in [6.07, 6.45) is 0. The lowest BCUT2D eigenvalue weighted by molar-refractivity contribution is 0.0655. The number of benzene rings is 1. The van der Waals surface area contributed by atoms with E-state index < -0.39 is 0 Å². The van der Waals surface area contributed by atoms with E-state index in [-0.39, 0.29) is 11.9 Å². The van der Waals surface area contributed by atoms with E-state index in [0.29, 0.717) is 17.9 Å². The molecule has 1 amide bonds. The minimum Gasteiger partial charge on any atom is -0.487 e. The second-order valence-corrected chi connectivity index (χ2v) is 6.79. The summed E-state index contributed by atoms with van der Waals surface area (Å²) in [6, 6.07) is 7.60. The van der Waals surface area contributed by atoms with Gasteiger partial charge in [-0.25, -0.2) is 4.98 Å². The smallest absolute Gasteiger partial charge is 0.254 e. The fourth-order valence-corrected chi connectivity index (χ4v) is 3.26. The highest BCUT2D eigenvalue weighted by atomic mass is 32.1. The van der Waals surface area contributed by atoms with Crippen molar-refractivity contribution in [3.63, 3.8) is 0 Å². The molecule has 1 aliphatic rings. The van der Waals surface area contributed by atoms with E-state index in [1.165, 1.54) is 0 Å². The standard InChI is InChI=1S/C17H21N3O2S/c1-12-9-18-6-7-20(12)17(21)14-4-3-5-16(8-14)22-10-15-11-23-13(2)19-15/h3-5,8,11-12,18H,6-7,9-10H2,1-2H3/t12-/m0/s1. The first-order valence-electron chi connectivity index (χ1n) is 7.79. The molecule has 2 aromatic rings. The van der Waals surface area contributed by atoms with Crippen molar-refractivity contribution in [1.29, 1.82) is 0 Å². The van der Waals surface area contributed by atoms with E-state index in [9.17, 15) is 4.79 Å². The summed E-state index contributed by atoms with van der Waals surface area (Å²) in [6.45, 7) is 6.88. The maximum absolute atomic E-state index is 12.7. The molecule has 0 spiro atoms. The Hall–Kier alpha value is -1.92. The van der Waals surface area contributed by atoms with E-state index in [1.807, 2.05) is 41.5 Å². The number of piperazine rings is 1. The Kier molecular flexibility index (Phi) is 4.93. The lowest BCUT2D eigenvalue weighted by Gasteiger charge is -2.34. The number of carbonyl (C=O) groups excluding carboxylic acids is 1. The van der Waals surface area contributed by atoms with Gasteiger partial charge >= 0.3 is 0 Å². The summed E-state index contributed by atoms with van der Waals surface area (Å²) in [4.78, 5) is 19.0. The average molecular weight is 331 g/mol. The van der Waals surface area contributed by atoms with Gasteiger partial charge in [0.25, 0.3) is 5.91 Å². The van der Waals surface area contributed by atoms with Crippen LogP contribution < -0.4 is 10.1 Å². The van der Waals surface area contributed by atoms with Crippen molar-refractivity contribution < 1.29 is 9.53 Å². The van der Waals surface area contributed by atoms with Gasteiger partial charge in [-0.3, -0.25) is 4.79 Å². The number of aryl methyl sites for hydroxylation is 1. The molecular weight excluding hydrogens is 310 g/mol. The summed E-state index contributed by atoms with van der Waals surface area (Å²) in [5.41, 5.74) is 1.59. The third-order valence-corrected chi connectivity index (χ3v) is 4.72. The summed E-state index contributed by atoms with van der Waals surface area (Å²) in [5, 5.41) is 6.32. The molecule has 5 nitrogen and oxygen atoms in total. The van der Waals surface area contributed by atoms with Gasteiger partial charge in [-0.1, -0.05) is 6.07 Å². The molecule has 0 unspecified atom stereocenters. The van der Waals surface area contributed by atoms with Gasteiger partial charge in [-0.05, 0) is 32.0 Å². The molecule has 2 heterocycles. The SMILES string of the molecule is Cc1nc(COc2cccc(C(=O)N3CCNC[C@@H]3C)c2)cs1. The predicted octanol–water partition coefficient (Wildman–Crippen LogP) is 2.46. The summed E-state index contributed by atoms with van der Waals surface area (Å²) in [5.74, 6) is 0.762. The Bertz CT molecular complexity index is 686. The molecule has 1 aromatic heterocycles. The summed E-state index contributed by atoms with van der Waals surface area (Å²) in [7, 11) is 0. The number of hydrogen-bond donors (Lipinski definition) is 1. The maximum atomic E-state index is 12.7. The molecule has 0 aliphatic carbocycles. The van der Waals surface area contributed by atoms with Crippen molar-refractivity contribution in [2.45, 2.75) is 26.5 Å². The van der Waals surface area contributed by atoms with Gasteiger partial charge in [0.2, 0.25) is 0 Å². The van der Waals surface area contributed by atoms with Crippen molar-refractivity contribution in [2.24, 2.45) is 0 Å². The van der Waals surface area contributed by atoms with Crippen LogP contribution in [0.4, 0.5) is 0 Å². The second-order valence-electron chi connectivity index (χ2n) is 5.73. The lowest BCUT2D eigenvalue weighted by Crippen LogP contribution is -2.52. The molecule has 0 bridgehead atoms. The van der Waals surface area contributed by atoms with E-state index in [1.54, 1.807) is 11.3 Å². The maximum Gasteiger partial charge on any atom is 0.254 e. The molecular formula is C17H21N3O2S. The van der Waals surface area contributed by atoms with Gasteiger partial charge in [0.15, 0.2) is 0 Å². The Morgan fingerprint density at radius 3 is 3.13 bits per heavy atom. The van der Waals surface area contributed by atoms with Crippen LogP contribution in [0.15, 0.2) is 29.6 Å². The van der Waals surface area contributed by atoms with Crippen LogP contribution in [-0.2, 0) is 6.61 Å². The molecule has 6 heteroatoms. The van der Waals surface area contributed by atoms with Crippen LogP contribution in [-0.4, -0.2) is 41.5 Å². The fraction of sp³-hybridized carbons (Fsp3) is 0.412. The normalized spacial score (nSPS) is 18.0. The van der Waals surface area contributed by atoms with Gasteiger partial charge < -0.3 is 15.0 Å². The number of ether oxygens (including phenoxy) is 1. The average Bonchev–Trinajstić information content (AvgIpc) is 2.98. The topological polar surface area (TPSA) is 54.5 Å². The van der Waals surface area contributed by atoms with Crippen molar-refractivity contribution in [3.8, 4) is 5.75 Å². The van der Waals surface area contributed by atoms with Crippen LogP contribution >= 0.6 is 11.3 Å². The number of amides is 1. The number of rotatable bonds is 4. The van der Waals surface area contributed by atoms with E-state index in [0.717, 1.165) is 30.3 Å². The molecule has 3 rings (SSSR count). The zero-order valence-corrected chi connectivity index (χ0v) is 14.2. The highest BCUT2D eigenvalue weighted by molar-refractivity contribution is 7.09. The van der Waals surface area contributed by atoms with Gasteiger partial charge in [0.1, 0.15) is 12.4 Å². The van der Waals surface area contributed by atoms with Gasteiger partial charge in [0, 0.05) is 36.6 Å². The minimum absolute atomic E-state index is 0.0638. The Balaban J connectivity index is 1.67. The van der Waals surface area contributed by atoms with Crippen LogP contribution in [0.2, 0.25) is 0 Å². The number of aromatic nitrogens is 1. The van der Waals surface area contributed by atoms with Crippen LogP contribution in [0.25, 0.3) is 0 Å². The summed E-state index contributed by atoms with van der Waals surface area (Å²) >= 11 is 1.61. The van der Waals surface area contributed by atoms with Crippen molar-refractivity contribution in [3.05, 3.63) is 45.9 Å². The molecule has 1 N–H and O–H groups in total. The quantitative estimate of drug-likeness (QED) is 0.935. The molecule has 1 aliphatic heterocycles. The second kappa shape index (κ2) is 7.10. The van der Waals surface area contributed by atoms with Crippen LogP contribution in [0.3, 0.4) is 0 Å². The number of nitrogens with zero attached hydrogens (tertiary/aromatic N) is 2. The minimum atomic E-state index is 0.0638. The molecule has 1 fully saturated rings. The molecule has 0 radical (unpaired) electrons. The number of nitrogens with one attached hydrogen (secondary N) is 1. The van der Waals surface area contributed by atoms with E-state index in [2.05, 4.69) is 17.2 Å². The van der Waals surface area contributed by atoms with Crippen molar-refractivity contribution in [2.75, 3.05) is 19.6 Å². The van der Waals surface area contributed by atoms with Gasteiger partial charge in [-0.15, -0.1) is 11.3 Å². The molecule has 0 saturated carbocycles.